The predicted octanol–water partition coefficient (Wildman–Crippen LogP) is 1.46. The van der Waals surface area contributed by atoms with Crippen LogP contribution in [-0.4, -0.2) is 68.5 Å². The number of fused-ring (bicyclic) bond motifs is 3. The number of aliphatic hydroxyl groups is 4. The van der Waals surface area contributed by atoms with Crippen LogP contribution in [0, 0.1) is 5.92 Å². The molecule has 2 aromatic carbocycles. The smallest absolute Gasteiger partial charge is 0.351 e. The molecular formula is C29H33N3O10. The highest BCUT2D eigenvalue weighted by Crippen LogP contribution is 2.35. The van der Waals surface area contributed by atoms with E-state index in [4.69, 9.17) is 29.4 Å². The van der Waals surface area contributed by atoms with E-state index in [1.54, 1.807) is 24.3 Å². The van der Waals surface area contributed by atoms with E-state index in [0.717, 1.165) is 0 Å². The third-order valence-electron chi connectivity index (χ3n) is 7.01. The van der Waals surface area contributed by atoms with Crippen LogP contribution in [0.4, 0.5) is 5.82 Å². The van der Waals surface area contributed by atoms with Crippen molar-refractivity contribution >= 4 is 5.82 Å². The summed E-state index contributed by atoms with van der Waals surface area (Å²) < 4.78 is 30.1. The molecule has 3 heterocycles. The molecule has 2 aliphatic heterocycles. The molecule has 13 heteroatoms. The van der Waals surface area contributed by atoms with Crippen LogP contribution in [0.1, 0.15) is 35.4 Å². The highest BCUT2D eigenvalue weighted by Gasteiger charge is 2.38. The molecule has 3 aromatic rings. The Hall–Kier alpha value is -3.98. The molecule has 13 nitrogen and oxygen atoms in total. The maximum atomic E-state index is 12.4. The summed E-state index contributed by atoms with van der Waals surface area (Å²) in [5, 5.41) is 41.8. The topological polar surface area (TPSA) is 188 Å². The van der Waals surface area contributed by atoms with Gasteiger partial charge in [0.25, 0.3) is 0 Å². The zero-order valence-electron chi connectivity index (χ0n) is 22.6. The van der Waals surface area contributed by atoms with Gasteiger partial charge in [0.05, 0.1) is 19.3 Å². The van der Waals surface area contributed by atoms with Gasteiger partial charge in [0.1, 0.15) is 31.9 Å². The van der Waals surface area contributed by atoms with Gasteiger partial charge in [0.15, 0.2) is 6.10 Å². The number of nitrogen functional groups attached to an aromatic ring is 1. The van der Waals surface area contributed by atoms with Gasteiger partial charge in [-0.1, -0.05) is 48.5 Å². The van der Waals surface area contributed by atoms with Gasteiger partial charge >= 0.3 is 17.6 Å². The molecule has 4 atom stereocenters. The third kappa shape index (κ3) is 7.07. The molecule has 1 saturated heterocycles. The minimum atomic E-state index is -2.59. The molecule has 0 saturated carbocycles. The van der Waals surface area contributed by atoms with Crippen LogP contribution in [-0.2, 0) is 30.3 Å². The normalized spacial score (nSPS) is 26.8. The first kappa shape index (κ1) is 29.5. The number of hydrogen-bond acceptors (Lipinski definition) is 12. The van der Waals surface area contributed by atoms with Gasteiger partial charge in [-0.25, -0.2) is 4.79 Å². The fraction of sp³-hybridized carbons (Fsp3) is 0.379. The van der Waals surface area contributed by atoms with Crippen molar-refractivity contribution in [2.75, 3.05) is 32.2 Å². The van der Waals surface area contributed by atoms with Gasteiger partial charge in [-0.05, 0) is 28.8 Å². The van der Waals surface area contributed by atoms with Crippen molar-refractivity contribution in [2.45, 2.75) is 37.4 Å². The number of nitrogens with zero attached hydrogens (tertiary/aromatic N) is 2. The molecule has 6 N–H and O–H groups in total. The largest absolute Gasteiger partial charge is 0.486 e. The molecule has 0 aliphatic carbocycles. The number of benzene rings is 2. The minimum Gasteiger partial charge on any atom is -0.486 e. The van der Waals surface area contributed by atoms with Crippen molar-refractivity contribution in [2.24, 2.45) is 5.92 Å². The summed E-state index contributed by atoms with van der Waals surface area (Å²) >= 11 is 0. The van der Waals surface area contributed by atoms with Crippen LogP contribution in [0.5, 0.6) is 0 Å². The molecule has 2 bridgehead atoms. The Balaban J connectivity index is 1.46. The number of nitrogens with two attached hydrogens (primary N) is 1. The maximum absolute atomic E-state index is 12.4. The molecule has 1 aromatic heterocycles. The van der Waals surface area contributed by atoms with E-state index in [2.05, 4.69) is 4.98 Å². The first-order valence-corrected chi connectivity index (χ1v) is 13.3. The predicted molar refractivity (Wildman–Crippen MR) is 146 cm³/mol. The van der Waals surface area contributed by atoms with E-state index < -0.39 is 55.2 Å². The second kappa shape index (κ2) is 12.9. The molecule has 0 radical (unpaired) electrons. The van der Waals surface area contributed by atoms with Crippen molar-refractivity contribution in [3.05, 3.63) is 106 Å². The van der Waals surface area contributed by atoms with Gasteiger partial charge in [-0.2, -0.15) is 4.98 Å². The van der Waals surface area contributed by atoms with Crippen LogP contribution in [0.2, 0.25) is 0 Å². The summed E-state index contributed by atoms with van der Waals surface area (Å²) in [6.45, 7) is -1.57. The number of aromatic nitrogens is 2. The molecule has 5 rings (SSSR count). The standard InChI is InChI=1S/C29H33N3O10/c30-24-9-10-32(28(35)31-24)25-12-21-15-38-17-29(36,37)40-14-18-5-4-8-20(11-18)26(19-6-2-1-3-7-19)42-27(34)22(13-33)39-16-23(21)41-25/h1-11,21,23,25-26,33-34,36-37H,12-17H2,(H2,30,31,35)/b27-22+/t21?,23-,25-,26?/m1/s1. The van der Waals surface area contributed by atoms with E-state index in [1.165, 1.54) is 16.8 Å². The van der Waals surface area contributed by atoms with Crippen LogP contribution in [0.25, 0.3) is 0 Å². The highest BCUT2D eigenvalue weighted by atomic mass is 16.8. The van der Waals surface area contributed by atoms with E-state index in [1.807, 2.05) is 30.3 Å². The average Bonchev–Trinajstić information content (AvgIpc) is 3.37. The summed E-state index contributed by atoms with van der Waals surface area (Å²) in [6.07, 6.45) is -0.508. The first-order valence-electron chi connectivity index (χ1n) is 13.3. The summed E-state index contributed by atoms with van der Waals surface area (Å²) in [5.41, 5.74) is 6.94. The molecule has 2 aliphatic rings. The van der Waals surface area contributed by atoms with Gasteiger partial charge in [-0.3, -0.25) is 4.57 Å². The van der Waals surface area contributed by atoms with E-state index in [9.17, 15) is 25.2 Å². The number of ether oxygens (including phenoxy) is 5. The number of anilines is 1. The number of hydrogen-bond donors (Lipinski definition) is 5. The third-order valence-corrected chi connectivity index (χ3v) is 7.01. The maximum Gasteiger partial charge on any atom is 0.351 e. The quantitative estimate of drug-likeness (QED) is 0.280. The lowest BCUT2D eigenvalue weighted by atomic mass is 9.99. The van der Waals surface area contributed by atoms with E-state index in [0.29, 0.717) is 16.7 Å². The molecule has 1 fully saturated rings. The lowest BCUT2D eigenvalue weighted by molar-refractivity contribution is -0.360. The van der Waals surface area contributed by atoms with Gasteiger partial charge in [0, 0.05) is 18.5 Å². The van der Waals surface area contributed by atoms with E-state index in [-0.39, 0.29) is 37.8 Å². The molecule has 224 valence electrons. The molecule has 2 unspecified atom stereocenters. The fourth-order valence-corrected chi connectivity index (χ4v) is 4.88. The monoisotopic (exact) mass is 583 g/mol. The highest BCUT2D eigenvalue weighted by molar-refractivity contribution is 5.33. The molecule has 0 spiro atoms. The Bertz CT molecular complexity index is 1440. The van der Waals surface area contributed by atoms with Crippen molar-refractivity contribution < 1.29 is 44.1 Å². The number of rotatable bonds is 3. The Morgan fingerprint density at radius 1 is 1.05 bits per heavy atom. The summed E-state index contributed by atoms with van der Waals surface area (Å²) in [6, 6.07) is 17.6. The van der Waals surface area contributed by atoms with Crippen LogP contribution in [0.3, 0.4) is 0 Å². The van der Waals surface area contributed by atoms with Gasteiger partial charge < -0.3 is 49.8 Å². The molecular weight excluding hydrogens is 550 g/mol. The Labute approximate surface area is 240 Å². The zero-order valence-corrected chi connectivity index (χ0v) is 22.6. The van der Waals surface area contributed by atoms with E-state index >= 15 is 0 Å². The van der Waals surface area contributed by atoms with Crippen LogP contribution < -0.4 is 11.4 Å². The van der Waals surface area contributed by atoms with Crippen molar-refractivity contribution in [1.82, 2.24) is 9.55 Å². The number of aliphatic hydroxyl groups excluding tert-OH is 2. The second-order valence-electron chi connectivity index (χ2n) is 10.1. The van der Waals surface area contributed by atoms with Gasteiger partial charge in [0.2, 0.25) is 5.76 Å². The minimum absolute atomic E-state index is 0.0138. The Morgan fingerprint density at radius 2 is 1.83 bits per heavy atom. The van der Waals surface area contributed by atoms with Crippen molar-refractivity contribution in [1.29, 1.82) is 0 Å². The fourth-order valence-electron chi connectivity index (χ4n) is 4.88. The van der Waals surface area contributed by atoms with Crippen LogP contribution in [0.15, 0.2) is 83.4 Å². The van der Waals surface area contributed by atoms with Crippen LogP contribution >= 0.6 is 0 Å². The first-order chi connectivity index (χ1) is 20.2. The second-order valence-corrected chi connectivity index (χ2v) is 10.1. The van der Waals surface area contributed by atoms with Crippen molar-refractivity contribution in [3.8, 4) is 0 Å². The van der Waals surface area contributed by atoms with Crippen molar-refractivity contribution in [3.63, 3.8) is 0 Å². The summed E-state index contributed by atoms with van der Waals surface area (Å²) in [5.74, 6) is -3.77. The molecule has 42 heavy (non-hydrogen) atoms. The lowest BCUT2D eigenvalue weighted by Gasteiger charge is -2.24. The Morgan fingerprint density at radius 3 is 2.60 bits per heavy atom. The van der Waals surface area contributed by atoms with Gasteiger partial charge in [-0.15, -0.1) is 0 Å². The zero-order chi connectivity index (χ0) is 29.7. The molecule has 0 amide bonds. The summed E-state index contributed by atoms with van der Waals surface area (Å²) in [7, 11) is 0. The summed E-state index contributed by atoms with van der Waals surface area (Å²) in [4.78, 5) is 16.2. The average molecular weight is 584 g/mol. The Kier molecular flexibility index (Phi) is 9.06. The lowest BCUT2D eigenvalue weighted by Crippen LogP contribution is -2.38. The SMILES string of the molecule is Nc1ccn([C@H]2CC3COCC(O)(O)OCc4cccc(c4)C(c4ccccc4)O/C(O)=C(\CO)OC[C@H]3O2)c(=O)n1.